The molecule has 4 nitrogen and oxygen atoms in total. The minimum Gasteiger partial charge on any atom is -0.332 e. The van der Waals surface area contributed by atoms with Crippen molar-refractivity contribution in [3.63, 3.8) is 0 Å². The zero-order valence-electron chi connectivity index (χ0n) is 23.1. The number of hydrogen-bond acceptors (Lipinski definition) is 5. The molecule has 0 bridgehead atoms. The molecule has 4 rings (SSSR count). The number of hydrogen-bond donors (Lipinski definition) is 4. The summed E-state index contributed by atoms with van der Waals surface area (Å²) < 4.78 is 0.682. The van der Waals surface area contributed by atoms with Gasteiger partial charge in [-0.1, -0.05) is 121 Å². The number of nitrogens with zero attached hydrogens (tertiary/aromatic N) is 1. The minimum atomic E-state index is 0. The maximum atomic E-state index is 4.90. The average Bonchev–Trinajstić information content (AvgIpc) is 3.53. The van der Waals surface area contributed by atoms with Crippen molar-refractivity contribution in [3.05, 3.63) is 53.3 Å². The molecule has 3 N–H and O–H groups in total. The lowest BCUT2D eigenvalue weighted by Gasteiger charge is -1.99. The standard InChI is InChI=1S/C15H22N2S2.C8H18S.C7H6N2S.CH4/c1-2-3-4-5-6-9-12-18-19-15-16-13-10-7-8-11-14(13)17-15;1-2-3-4-5-6-7-8-9;10-7-8-5-3-1-2-4-6(5)9-7;/h7-8,10-11H,2-6,9,12H2,1H3,(H,16,17);9H,2-8H2,1H3;1-4H,(H2,8,9,10);1H4. The largest absolute Gasteiger partial charge is 0.332 e. The zero-order valence-corrected chi connectivity index (χ0v) is 26.5. The number of unbranched alkanes of at least 4 members (excludes halogenated alkanes) is 10. The van der Waals surface area contributed by atoms with Crippen LogP contribution in [0.5, 0.6) is 0 Å². The van der Waals surface area contributed by atoms with Crippen LogP contribution in [0, 0.1) is 4.77 Å². The van der Waals surface area contributed by atoms with Gasteiger partial charge in [0.2, 0.25) is 0 Å². The lowest BCUT2D eigenvalue weighted by molar-refractivity contribution is 0.627. The maximum absolute atomic E-state index is 4.90. The molecule has 0 saturated carbocycles. The predicted octanol–water partition coefficient (Wildman–Crippen LogP) is 11.8. The Morgan fingerprint density at radius 1 is 0.692 bits per heavy atom. The van der Waals surface area contributed by atoms with Crippen LogP contribution in [-0.4, -0.2) is 31.4 Å². The Morgan fingerprint density at radius 3 is 1.77 bits per heavy atom. The number of thiol groups is 1. The van der Waals surface area contributed by atoms with Crippen molar-refractivity contribution in [1.82, 2.24) is 19.9 Å². The minimum absolute atomic E-state index is 0. The van der Waals surface area contributed by atoms with Crippen LogP contribution in [0.3, 0.4) is 0 Å². The predicted molar refractivity (Wildman–Crippen MR) is 185 cm³/mol. The van der Waals surface area contributed by atoms with Crippen LogP contribution >= 0.6 is 46.4 Å². The number of aromatic amines is 3. The lowest BCUT2D eigenvalue weighted by Crippen LogP contribution is -1.81. The van der Waals surface area contributed by atoms with Crippen molar-refractivity contribution < 1.29 is 0 Å². The van der Waals surface area contributed by atoms with Gasteiger partial charge in [0.25, 0.3) is 0 Å². The topological polar surface area (TPSA) is 60.3 Å². The second-order valence-corrected chi connectivity index (χ2v) is 12.6. The van der Waals surface area contributed by atoms with E-state index in [0.29, 0.717) is 4.77 Å². The fraction of sp³-hybridized carbons (Fsp3) is 0.548. The van der Waals surface area contributed by atoms with Crippen LogP contribution in [0.2, 0.25) is 0 Å². The molecule has 0 unspecified atom stereocenters. The molecule has 2 aromatic heterocycles. The van der Waals surface area contributed by atoms with E-state index >= 15 is 0 Å². The van der Waals surface area contributed by atoms with Crippen LogP contribution in [0.25, 0.3) is 22.1 Å². The molecule has 0 aliphatic rings. The molecule has 218 valence electrons. The number of fused-ring (bicyclic) bond motifs is 2. The van der Waals surface area contributed by atoms with E-state index in [9.17, 15) is 0 Å². The monoisotopic (exact) mass is 606 g/mol. The van der Waals surface area contributed by atoms with Gasteiger partial charge in [0.1, 0.15) is 0 Å². The third kappa shape index (κ3) is 15.9. The normalized spacial score (nSPS) is 10.4. The molecular weight excluding hydrogens is 557 g/mol. The molecule has 0 aliphatic carbocycles. The van der Waals surface area contributed by atoms with Crippen LogP contribution in [0.15, 0.2) is 53.7 Å². The number of nitrogens with one attached hydrogen (secondary N) is 3. The Morgan fingerprint density at radius 2 is 1.21 bits per heavy atom. The fourth-order valence-electron chi connectivity index (χ4n) is 3.88. The van der Waals surface area contributed by atoms with Crippen LogP contribution in [0.4, 0.5) is 0 Å². The zero-order chi connectivity index (χ0) is 27.3. The van der Waals surface area contributed by atoms with E-state index in [1.54, 1.807) is 10.8 Å². The number of aromatic nitrogens is 4. The summed E-state index contributed by atoms with van der Waals surface area (Å²) in [6.45, 7) is 4.51. The summed E-state index contributed by atoms with van der Waals surface area (Å²) in [7, 11) is 3.67. The molecule has 0 spiro atoms. The fourth-order valence-corrected chi connectivity index (χ4v) is 6.30. The van der Waals surface area contributed by atoms with Crippen molar-refractivity contribution in [1.29, 1.82) is 0 Å². The second kappa shape index (κ2) is 23.4. The Bertz CT molecular complexity index is 1090. The highest BCUT2D eigenvalue weighted by atomic mass is 33.1. The van der Waals surface area contributed by atoms with Crippen molar-refractivity contribution >= 4 is 68.5 Å². The number of H-pyrrole nitrogens is 3. The Labute approximate surface area is 255 Å². The number of benzene rings is 2. The van der Waals surface area contributed by atoms with Gasteiger partial charge in [-0.25, -0.2) is 4.98 Å². The van der Waals surface area contributed by atoms with E-state index in [-0.39, 0.29) is 7.43 Å². The quantitative estimate of drug-likeness (QED) is 0.0470. The van der Waals surface area contributed by atoms with Gasteiger partial charge in [-0.05, 0) is 65.9 Å². The SMILES string of the molecule is C.CCCCCCCCS.CCCCCCCCSSc1nc2ccccc2[nH]1.S=c1[nH]c2ccccc2[nH]1. The molecule has 2 heterocycles. The number of imidazole rings is 2. The Kier molecular flexibility index (Phi) is 21.4. The molecule has 0 saturated heterocycles. The third-order valence-corrected chi connectivity index (χ3v) is 8.79. The molecule has 39 heavy (non-hydrogen) atoms. The van der Waals surface area contributed by atoms with Crippen molar-refractivity contribution in [3.8, 4) is 0 Å². The summed E-state index contributed by atoms with van der Waals surface area (Å²) in [5.41, 5.74) is 4.32. The van der Waals surface area contributed by atoms with E-state index in [0.717, 1.165) is 33.0 Å². The molecule has 4 aromatic rings. The van der Waals surface area contributed by atoms with Gasteiger partial charge < -0.3 is 15.0 Å². The third-order valence-electron chi connectivity index (χ3n) is 6.02. The van der Waals surface area contributed by atoms with Crippen molar-refractivity contribution in [2.75, 3.05) is 11.5 Å². The number of rotatable bonds is 15. The van der Waals surface area contributed by atoms with E-state index in [1.807, 2.05) is 53.3 Å². The first-order chi connectivity index (χ1) is 18.7. The van der Waals surface area contributed by atoms with Crippen LogP contribution in [-0.2, 0) is 0 Å². The van der Waals surface area contributed by atoms with Gasteiger partial charge >= 0.3 is 0 Å². The van der Waals surface area contributed by atoms with Crippen LogP contribution in [0.1, 0.15) is 98.3 Å². The van der Waals surface area contributed by atoms with E-state index in [4.69, 9.17) is 12.2 Å². The molecule has 0 aliphatic heterocycles. The van der Waals surface area contributed by atoms with Gasteiger partial charge in [-0.3, -0.25) is 0 Å². The lowest BCUT2D eigenvalue weighted by atomic mass is 10.1. The molecule has 2 aromatic carbocycles. The Hall–Kier alpha value is -1.35. The molecule has 0 atom stereocenters. The summed E-state index contributed by atoms with van der Waals surface area (Å²) in [5.74, 6) is 2.28. The average molecular weight is 607 g/mol. The highest BCUT2D eigenvalue weighted by Crippen LogP contribution is 2.31. The first-order valence-corrected chi connectivity index (χ1v) is 17.6. The van der Waals surface area contributed by atoms with Crippen molar-refractivity contribution in [2.45, 2.75) is 103 Å². The highest BCUT2D eigenvalue weighted by Gasteiger charge is 2.02. The van der Waals surface area contributed by atoms with E-state index in [2.05, 4.69) is 52.5 Å². The number of para-hydroxylation sites is 4. The first kappa shape index (κ1) is 35.7. The summed E-state index contributed by atoms with van der Waals surface area (Å²) >= 11 is 9.05. The summed E-state index contributed by atoms with van der Waals surface area (Å²) in [6, 6.07) is 16.1. The van der Waals surface area contributed by atoms with Gasteiger partial charge in [0, 0.05) is 5.75 Å². The smallest absolute Gasteiger partial charge is 0.177 e. The maximum Gasteiger partial charge on any atom is 0.177 e. The van der Waals surface area contributed by atoms with Gasteiger partial charge in [-0.15, -0.1) is 0 Å². The van der Waals surface area contributed by atoms with E-state index in [1.165, 1.54) is 82.8 Å². The summed E-state index contributed by atoms with van der Waals surface area (Å²) in [4.78, 5) is 13.9. The highest BCUT2D eigenvalue weighted by molar-refractivity contribution is 8.76. The second-order valence-electron chi connectivity index (χ2n) is 9.35. The van der Waals surface area contributed by atoms with Gasteiger partial charge in [-0.2, -0.15) is 12.6 Å². The Balaban J connectivity index is 0.000000321. The first-order valence-electron chi connectivity index (χ1n) is 14.2. The molecular formula is C31H50N4S4. The van der Waals surface area contributed by atoms with Gasteiger partial charge in [0.05, 0.1) is 22.1 Å². The van der Waals surface area contributed by atoms with Crippen LogP contribution < -0.4 is 0 Å². The molecule has 0 radical (unpaired) electrons. The van der Waals surface area contributed by atoms with Crippen molar-refractivity contribution in [2.24, 2.45) is 0 Å². The molecule has 0 fully saturated rings. The van der Waals surface area contributed by atoms with E-state index < -0.39 is 0 Å². The van der Waals surface area contributed by atoms with Gasteiger partial charge in [0.15, 0.2) is 9.93 Å². The summed E-state index contributed by atoms with van der Waals surface area (Å²) in [6.07, 6.45) is 16.5. The molecule has 8 heteroatoms. The summed E-state index contributed by atoms with van der Waals surface area (Å²) in [5, 5.41) is 1.03. The molecule has 0 amide bonds.